The molecular formula is C24H20N4O2S. The molecule has 0 aliphatic carbocycles. The molecule has 0 aliphatic rings. The molecule has 2 N–H and O–H groups in total. The minimum Gasteiger partial charge on any atom is -0.326 e. The number of benzene rings is 2. The van der Waals surface area contributed by atoms with Gasteiger partial charge in [0.2, 0.25) is 11.8 Å². The lowest BCUT2D eigenvalue weighted by Gasteiger charge is -2.06. The lowest BCUT2D eigenvalue weighted by atomic mass is 10.2. The molecule has 0 fully saturated rings. The standard InChI is InChI=1S/C24H20N4O2S/c1-17(29)25-19-7-5-8-20(15-19)26-23(30)13-12-18-16-28(21-9-3-2-4-10-21)27-24(18)22-11-6-14-31-22/h2-16H,1H3,(H,25,29)(H,26,30)/b13-12+. The predicted molar refractivity (Wildman–Crippen MR) is 125 cm³/mol. The maximum atomic E-state index is 12.5. The second-order valence-electron chi connectivity index (χ2n) is 6.78. The maximum absolute atomic E-state index is 12.5. The third-order valence-corrected chi connectivity index (χ3v) is 5.26. The van der Waals surface area contributed by atoms with E-state index in [9.17, 15) is 9.59 Å². The van der Waals surface area contributed by atoms with E-state index in [1.807, 2.05) is 58.7 Å². The lowest BCUT2D eigenvalue weighted by molar-refractivity contribution is -0.114. The van der Waals surface area contributed by atoms with E-state index in [2.05, 4.69) is 10.6 Å². The number of amides is 2. The Morgan fingerprint density at radius 3 is 2.45 bits per heavy atom. The number of rotatable bonds is 6. The van der Waals surface area contributed by atoms with Crippen LogP contribution in [0.3, 0.4) is 0 Å². The van der Waals surface area contributed by atoms with E-state index in [0.717, 1.165) is 21.8 Å². The van der Waals surface area contributed by atoms with Gasteiger partial charge in [-0.3, -0.25) is 9.59 Å². The fraction of sp³-hybridized carbons (Fsp3) is 0.0417. The summed E-state index contributed by atoms with van der Waals surface area (Å²) in [5.41, 5.74) is 3.82. The van der Waals surface area contributed by atoms with Crippen LogP contribution in [0.5, 0.6) is 0 Å². The van der Waals surface area contributed by atoms with Gasteiger partial charge in [0.1, 0.15) is 5.69 Å². The molecule has 0 radical (unpaired) electrons. The van der Waals surface area contributed by atoms with Crippen molar-refractivity contribution in [1.29, 1.82) is 0 Å². The third-order valence-electron chi connectivity index (χ3n) is 4.38. The molecule has 154 valence electrons. The molecule has 0 saturated heterocycles. The Balaban J connectivity index is 1.56. The smallest absolute Gasteiger partial charge is 0.248 e. The number of nitrogens with one attached hydrogen (secondary N) is 2. The molecule has 0 spiro atoms. The summed E-state index contributed by atoms with van der Waals surface area (Å²) in [6.45, 7) is 1.44. The Hall–Kier alpha value is -3.97. The monoisotopic (exact) mass is 428 g/mol. The van der Waals surface area contributed by atoms with Gasteiger partial charge < -0.3 is 10.6 Å². The van der Waals surface area contributed by atoms with Crippen molar-refractivity contribution in [2.75, 3.05) is 10.6 Å². The molecule has 7 heteroatoms. The highest BCUT2D eigenvalue weighted by Gasteiger charge is 2.12. The lowest BCUT2D eigenvalue weighted by Crippen LogP contribution is -2.09. The van der Waals surface area contributed by atoms with Crippen molar-refractivity contribution in [2.45, 2.75) is 6.92 Å². The fourth-order valence-corrected chi connectivity index (χ4v) is 3.79. The molecule has 31 heavy (non-hydrogen) atoms. The number of hydrogen-bond donors (Lipinski definition) is 2. The average molecular weight is 429 g/mol. The van der Waals surface area contributed by atoms with Crippen LogP contribution in [0.1, 0.15) is 12.5 Å². The second kappa shape index (κ2) is 9.23. The molecule has 2 aromatic heterocycles. The fourth-order valence-electron chi connectivity index (χ4n) is 3.05. The average Bonchev–Trinajstić information content (AvgIpc) is 3.42. The van der Waals surface area contributed by atoms with E-state index in [4.69, 9.17) is 5.10 Å². The van der Waals surface area contributed by atoms with Crippen molar-refractivity contribution in [3.63, 3.8) is 0 Å². The van der Waals surface area contributed by atoms with Crippen molar-refractivity contribution in [3.05, 3.63) is 89.9 Å². The van der Waals surface area contributed by atoms with Gasteiger partial charge in [0.05, 0.1) is 10.6 Å². The Morgan fingerprint density at radius 1 is 0.968 bits per heavy atom. The number of para-hydroxylation sites is 1. The van der Waals surface area contributed by atoms with Crippen LogP contribution in [-0.4, -0.2) is 21.6 Å². The molecule has 2 heterocycles. The first-order valence-electron chi connectivity index (χ1n) is 9.64. The molecule has 0 atom stereocenters. The Kier molecular flexibility index (Phi) is 6.05. The Morgan fingerprint density at radius 2 is 1.74 bits per heavy atom. The van der Waals surface area contributed by atoms with Crippen LogP contribution < -0.4 is 10.6 Å². The van der Waals surface area contributed by atoms with Crippen LogP contribution in [0.2, 0.25) is 0 Å². The molecule has 2 amide bonds. The van der Waals surface area contributed by atoms with E-state index < -0.39 is 0 Å². The first kappa shape index (κ1) is 20.3. The van der Waals surface area contributed by atoms with Crippen LogP contribution in [0.15, 0.2) is 84.4 Å². The highest BCUT2D eigenvalue weighted by atomic mass is 32.1. The van der Waals surface area contributed by atoms with Crippen molar-refractivity contribution in [3.8, 4) is 16.3 Å². The predicted octanol–water partition coefficient (Wildman–Crippen LogP) is 5.21. The van der Waals surface area contributed by atoms with Crippen LogP contribution >= 0.6 is 11.3 Å². The largest absolute Gasteiger partial charge is 0.326 e. The zero-order valence-corrected chi connectivity index (χ0v) is 17.6. The number of hydrogen-bond acceptors (Lipinski definition) is 4. The van der Waals surface area contributed by atoms with Crippen LogP contribution in [0.25, 0.3) is 22.3 Å². The summed E-state index contributed by atoms with van der Waals surface area (Å²) in [6, 6.07) is 20.8. The Labute approximate surface area is 183 Å². The van der Waals surface area contributed by atoms with E-state index in [1.165, 1.54) is 13.0 Å². The quantitative estimate of drug-likeness (QED) is 0.414. The minimum absolute atomic E-state index is 0.167. The van der Waals surface area contributed by atoms with Crippen LogP contribution in [0, 0.1) is 0 Å². The van der Waals surface area contributed by atoms with Gasteiger partial charge >= 0.3 is 0 Å². The number of carbonyl (C=O) groups excluding carboxylic acids is 2. The Bertz CT molecular complexity index is 1230. The molecule has 6 nitrogen and oxygen atoms in total. The molecule has 0 bridgehead atoms. The van der Waals surface area contributed by atoms with E-state index in [0.29, 0.717) is 11.4 Å². The molecule has 2 aromatic carbocycles. The molecule has 0 aliphatic heterocycles. The van der Waals surface area contributed by atoms with Gasteiger partial charge in [0, 0.05) is 36.1 Å². The van der Waals surface area contributed by atoms with Gasteiger partial charge in [0.25, 0.3) is 0 Å². The van der Waals surface area contributed by atoms with E-state index in [-0.39, 0.29) is 11.8 Å². The van der Waals surface area contributed by atoms with Gasteiger partial charge in [0.15, 0.2) is 0 Å². The van der Waals surface area contributed by atoms with Crippen molar-refractivity contribution < 1.29 is 9.59 Å². The third kappa shape index (κ3) is 5.15. The van der Waals surface area contributed by atoms with Crippen LogP contribution in [-0.2, 0) is 9.59 Å². The van der Waals surface area contributed by atoms with Gasteiger partial charge in [-0.2, -0.15) is 5.10 Å². The first-order valence-corrected chi connectivity index (χ1v) is 10.5. The highest BCUT2D eigenvalue weighted by molar-refractivity contribution is 7.13. The highest BCUT2D eigenvalue weighted by Crippen LogP contribution is 2.28. The molecule has 0 unspecified atom stereocenters. The number of carbonyl (C=O) groups is 2. The number of aromatic nitrogens is 2. The number of nitrogens with zero attached hydrogens (tertiary/aromatic N) is 2. The summed E-state index contributed by atoms with van der Waals surface area (Å²) in [5, 5.41) is 12.2. The van der Waals surface area contributed by atoms with Gasteiger partial charge in [-0.1, -0.05) is 30.3 Å². The summed E-state index contributed by atoms with van der Waals surface area (Å²) in [7, 11) is 0. The normalized spacial score (nSPS) is 10.9. The first-order chi connectivity index (χ1) is 15.1. The molecular weight excluding hydrogens is 408 g/mol. The summed E-state index contributed by atoms with van der Waals surface area (Å²) in [6.07, 6.45) is 5.15. The van der Waals surface area contributed by atoms with Gasteiger partial charge in [-0.05, 0) is 47.9 Å². The summed E-state index contributed by atoms with van der Waals surface area (Å²) < 4.78 is 1.81. The topological polar surface area (TPSA) is 76.0 Å². The maximum Gasteiger partial charge on any atom is 0.248 e. The zero-order chi connectivity index (χ0) is 21.6. The van der Waals surface area contributed by atoms with Crippen LogP contribution in [0.4, 0.5) is 11.4 Å². The summed E-state index contributed by atoms with van der Waals surface area (Å²) in [5.74, 6) is -0.440. The summed E-state index contributed by atoms with van der Waals surface area (Å²) >= 11 is 1.60. The number of thiophene rings is 1. The van der Waals surface area contributed by atoms with E-state index >= 15 is 0 Å². The van der Waals surface area contributed by atoms with Gasteiger partial charge in [-0.25, -0.2) is 4.68 Å². The van der Waals surface area contributed by atoms with Crippen molar-refractivity contribution in [1.82, 2.24) is 9.78 Å². The van der Waals surface area contributed by atoms with Gasteiger partial charge in [-0.15, -0.1) is 11.3 Å². The second-order valence-corrected chi connectivity index (χ2v) is 7.72. The minimum atomic E-state index is -0.274. The van der Waals surface area contributed by atoms with E-state index in [1.54, 1.807) is 41.7 Å². The molecule has 0 saturated carbocycles. The zero-order valence-electron chi connectivity index (χ0n) is 16.8. The number of anilines is 2. The SMILES string of the molecule is CC(=O)Nc1cccc(NC(=O)/C=C/c2cn(-c3ccccc3)nc2-c2cccs2)c1. The summed E-state index contributed by atoms with van der Waals surface area (Å²) in [4.78, 5) is 24.7. The van der Waals surface area contributed by atoms with Crippen molar-refractivity contribution in [2.24, 2.45) is 0 Å². The van der Waals surface area contributed by atoms with Crippen molar-refractivity contribution >= 4 is 40.6 Å². The molecule has 4 rings (SSSR count). The molecule has 4 aromatic rings.